The van der Waals surface area contributed by atoms with E-state index in [0.29, 0.717) is 16.6 Å². The number of ether oxygens (including phenoxy) is 1. The molecule has 0 aliphatic rings. The maximum absolute atomic E-state index is 13.5. The molecule has 0 unspecified atom stereocenters. The Morgan fingerprint density at radius 2 is 2.14 bits per heavy atom. The third-order valence-electron chi connectivity index (χ3n) is 2.80. The minimum Gasteiger partial charge on any atom is -0.487 e. The molecule has 5 nitrogen and oxygen atoms in total. The van der Waals surface area contributed by atoms with Crippen LogP contribution in [0.2, 0.25) is 0 Å². The molecule has 110 valence electrons. The second-order valence-corrected chi connectivity index (χ2v) is 4.92. The Hall–Kier alpha value is -2.02. The van der Waals surface area contributed by atoms with Crippen molar-refractivity contribution in [2.75, 3.05) is 0 Å². The highest BCUT2D eigenvalue weighted by Crippen LogP contribution is 2.22. The number of nitro benzene ring substituents is 1. The van der Waals surface area contributed by atoms with Crippen LogP contribution in [-0.4, -0.2) is 9.91 Å². The Bertz CT molecular complexity index is 679. The summed E-state index contributed by atoms with van der Waals surface area (Å²) in [6.45, 7) is 1.99. The van der Waals surface area contributed by atoms with Crippen molar-refractivity contribution >= 4 is 21.6 Å². The average molecular weight is 355 g/mol. The van der Waals surface area contributed by atoms with E-state index in [9.17, 15) is 14.5 Å². The molecule has 2 aromatic rings. The molecule has 0 radical (unpaired) electrons. The fraction of sp³-hybridized carbons (Fsp3) is 0.214. The molecule has 0 aliphatic heterocycles. The fourth-order valence-electron chi connectivity index (χ4n) is 1.77. The number of nitro groups is 1. The monoisotopic (exact) mass is 354 g/mol. The van der Waals surface area contributed by atoms with Crippen molar-refractivity contribution in [1.29, 1.82) is 0 Å². The van der Waals surface area contributed by atoms with Crippen LogP contribution in [0, 0.1) is 22.9 Å². The second-order valence-electron chi connectivity index (χ2n) is 4.36. The lowest BCUT2D eigenvalue weighted by Crippen LogP contribution is -2.01. The first kappa shape index (κ1) is 15.4. The summed E-state index contributed by atoms with van der Waals surface area (Å²) in [4.78, 5) is 14.1. The molecule has 2 rings (SSSR count). The standard InChI is InChI=1S/C14H12BrFN2O3/c1-9-2-5-14(12(7-15)17-9)21-8-10-3-4-13(18(19)20)11(16)6-10/h2-6H,7-8H2,1H3. The summed E-state index contributed by atoms with van der Waals surface area (Å²) in [5.74, 6) is -0.278. The quantitative estimate of drug-likeness (QED) is 0.463. The third-order valence-corrected chi connectivity index (χ3v) is 3.33. The highest BCUT2D eigenvalue weighted by Gasteiger charge is 2.14. The topological polar surface area (TPSA) is 65.3 Å². The highest BCUT2D eigenvalue weighted by molar-refractivity contribution is 9.08. The molecule has 1 heterocycles. The fourth-order valence-corrected chi connectivity index (χ4v) is 2.18. The van der Waals surface area contributed by atoms with Crippen LogP contribution in [0.1, 0.15) is 17.0 Å². The van der Waals surface area contributed by atoms with Gasteiger partial charge in [-0.2, -0.15) is 4.39 Å². The largest absolute Gasteiger partial charge is 0.487 e. The minimum atomic E-state index is -0.871. The van der Waals surface area contributed by atoms with E-state index in [4.69, 9.17) is 4.74 Å². The molecule has 0 fully saturated rings. The van der Waals surface area contributed by atoms with Gasteiger partial charge in [-0.3, -0.25) is 15.1 Å². The minimum absolute atomic E-state index is 0.111. The summed E-state index contributed by atoms with van der Waals surface area (Å²) >= 11 is 3.33. The van der Waals surface area contributed by atoms with Crippen LogP contribution in [0.25, 0.3) is 0 Å². The van der Waals surface area contributed by atoms with E-state index in [1.54, 1.807) is 6.07 Å². The summed E-state index contributed by atoms with van der Waals surface area (Å²) in [7, 11) is 0. The molecule has 0 saturated carbocycles. The zero-order chi connectivity index (χ0) is 15.4. The number of hydrogen-bond acceptors (Lipinski definition) is 4. The second kappa shape index (κ2) is 6.62. The molecular formula is C14H12BrFN2O3. The first-order valence-corrected chi connectivity index (χ1v) is 7.21. The first-order valence-electron chi connectivity index (χ1n) is 6.09. The first-order chi connectivity index (χ1) is 10.0. The third kappa shape index (κ3) is 3.75. The molecule has 21 heavy (non-hydrogen) atoms. The number of aryl methyl sites for hydroxylation is 1. The molecule has 0 amide bonds. The maximum atomic E-state index is 13.5. The lowest BCUT2D eigenvalue weighted by molar-refractivity contribution is -0.387. The highest BCUT2D eigenvalue weighted by atomic mass is 79.9. The van der Waals surface area contributed by atoms with E-state index in [0.717, 1.165) is 23.5 Å². The van der Waals surface area contributed by atoms with Crippen molar-refractivity contribution in [2.24, 2.45) is 0 Å². The molecule has 0 saturated heterocycles. The van der Waals surface area contributed by atoms with Gasteiger partial charge in [-0.1, -0.05) is 15.9 Å². The van der Waals surface area contributed by atoms with Crippen LogP contribution in [0.4, 0.5) is 10.1 Å². The van der Waals surface area contributed by atoms with Crippen molar-refractivity contribution in [1.82, 2.24) is 4.98 Å². The van der Waals surface area contributed by atoms with Gasteiger partial charge in [0.25, 0.3) is 0 Å². The van der Waals surface area contributed by atoms with Crippen molar-refractivity contribution in [3.05, 3.63) is 63.2 Å². The molecule has 0 aliphatic carbocycles. The van der Waals surface area contributed by atoms with Crippen molar-refractivity contribution in [2.45, 2.75) is 18.9 Å². The number of hydrogen-bond donors (Lipinski definition) is 0. The van der Waals surface area contributed by atoms with E-state index in [1.807, 2.05) is 13.0 Å². The number of halogens is 2. The summed E-state index contributed by atoms with van der Waals surface area (Å²) < 4.78 is 19.1. The smallest absolute Gasteiger partial charge is 0.304 e. The van der Waals surface area contributed by atoms with Gasteiger partial charge >= 0.3 is 5.69 Å². The lowest BCUT2D eigenvalue weighted by atomic mass is 10.2. The van der Waals surface area contributed by atoms with E-state index >= 15 is 0 Å². The Kier molecular flexibility index (Phi) is 4.85. The maximum Gasteiger partial charge on any atom is 0.304 e. The molecule has 0 atom stereocenters. The normalized spacial score (nSPS) is 10.4. The van der Waals surface area contributed by atoms with Crippen LogP contribution in [0.5, 0.6) is 5.75 Å². The van der Waals surface area contributed by atoms with Crippen LogP contribution in [-0.2, 0) is 11.9 Å². The van der Waals surface area contributed by atoms with Gasteiger partial charge in [-0.15, -0.1) is 0 Å². The molecule has 1 aromatic carbocycles. The van der Waals surface area contributed by atoms with Gasteiger partial charge < -0.3 is 4.74 Å². The van der Waals surface area contributed by atoms with Crippen molar-refractivity contribution in [3.63, 3.8) is 0 Å². The summed E-state index contributed by atoms with van der Waals surface area (Å²) in [6.07, 6.45) is 0. The van der Waals surface area contributed by atoms with Crippen LogP contribution in [0.15, 0.2) is 30.3 Å². The number of nitrogens with zero attached hydrogens (tertiary/aromatic N) is 2. The molecule has 0 N–H and O–H groups in total. The Balaban J connectivity index is 2.13. The molecule has 0 bridgehead atoms. The Labute approximate surface area is 129 Å². The van der Waals surface area contributed by atoms with E-state index in [2.05, 4.69) is 20.9 Å². The van der Waals surface area contributed by atoms with Crippen molar-refractivity contribution in [3.8, 4) is 5.75 Å². The van der Waals surface area contributed by atoms with Gasteiger partial charge in [0.2, 0.25) is 5.82 Å². The van der Waals surface area contributed by atoms with Crippen LogP contribution in [0.3, 0.4) is 0 Å². The Morgan fingerprint density at radius 3 is 2.76 bits per heavy atom. The van der Waals surface area contributed by atoms with Gasteiger partial charge in [0.15, 0.2) is 0 Å². The number of rotatable bonds is 5. The lowest BCUT2D eigenvalue weighted by Gasteiger charge is -2.10. The Morgan fingerprint density at radius 1 is 1.38 bits per heavy atom. The molecule has 1 aromatic heterocycles. The average Bonchev–Trinajstić information content (AvgIpc) is 2.45. The predicted octanol–water partition coefficient (Wildman–Crippen LogP) is 3.91. The van der Waals surface area contributed by atoms with Gasteiger partial charge in [-0.25, -0.2) is 0 Å². The van der Waals surface area contributed by atoms with Gasteiger partial charge in [-0.05, 0) is 36.8 Å². The number of aromatic nitrogens is 1. The summed E-state index contributed by atoms with van der Waals surface area (Å²) in [5.41, 5.74) is 1.59. The zero-order valence-electron chi connectivity index (χ0n) is 11.2. The molecule has 7 heteroatoms. The van der Waals surface area contributed by atoms with Crippen LogP contribution >= 0.6 is 15.9 Å². The molecular weight excluding hydrogens is 343 g/mol. The molecule has 0 spiro atoms. The summed E-state index contributed by atoms with van der Waals surface area (Å²) in [5, 5.41) is 11.1. The van der Waals surface area contributed by atoms with E-state index < -0.39 is 16.4 Å². The van der Waals surface area contributed by atoms with Crippen molar-refractivity contribution < 1.29 is 14.1 Å². The van der Waals surface area contributed by atoms with Crippen LogP contribution < -0.4 is 4.74 Å². The van der Waals surface area contributed by atoms with Gasteiger partial charge in [0.05, 0.1) is 10.6 Å². The van der Waals surface area contributed by atoms with E-state index in [1.165, 1.54) is 6.07 Å². The number of pyridine rings is 1. The van der Waals surface area contributed by atoms with E-state index in [-0.39, 0.29) is 6.61 Å². The SMILES string of the molecule is Cc1ccc(OCc2ccc([N+](=O)[O-])c(F)c2)c(CBr)n1. The van der Waals surface area contributed by atoms with Gasteiger partial charge in [0.1, 0.15) is 12.4 Å². The number of benzene rings is 1. The van der Waals surface area contributed by atoms with Gasteiger partial charge in [0, 0.05) is 17.1 Å². The number of alkyl halides is 1. The zero-order valence-corrected chi connectivity index (χ0v) is 12.8. The predicted molar refractivity (Wildman–Crippen MR) is 79.0 cm³/mol. The summed E-state index contributed by atoms with van der Waals surface area (Å²) in [6, 6.07) is 7.32.